The van der Waals surface area contributed by atoms with Crippen molar-refractivity contribution in [2.45, 2.75) is 26.2 Å². The summed E-state index contributed by atoms with van der Waals surface area (Å²) >= 11 is 0. The molecule has 0 aliphatic heterocycles. The van der Waals surface area contributed by atoms with Gasteiger partial charge in [-0.1, -0.05) is 18.2 Å². The Morgan fingerprint density at radius 3 is 2.50 bits per heavy atom. The topological polar surface area (TPSA) is 44.5 Å². The van der Waals surface area contributed by atoms with E-state index in [2.05, 4.69) is 32.0 Å². The number of hydrogen-bond donors (Lipinski definition) is 1. The van der Waals surface area contributed by atoms with E-state index in [0.717, 1.165) is 17.9 Å². The molecule has 118 valence electrons. The Bertz CT molecular complexity index is 610. The Morgan fingerprint density at radius 2 is 1.82 bits per heavy atom. The third-order valence-corrected chi connectivity index (χ3v) is 4.06. The van der Waals surface area contributed by atoms with Gasteiger partial charge in [0.1, 0.15) is 11.5 Å². The molecule has 0 amide bonds. The van der Waals surface area contributed by atoms with E-state index >= 15 is 0 Å². The minimum Gasteiger partial charge on any atom is -0.497 e. The van der Waals surface area contributed by atoms with E-state index in [0.29, 0.717) is 13.2 Å². The number of aryl methyl sites for hydroxylation is 2. The van der Waals surface area contributed by atoms with Crippen LogP contribution in [0.25, 0.3) is 0 Å². The lowest BCUT2D eigenvalue weighted by Gasteiger charge is -2.17. The molecular weight excluding hydrogens is 274 g/mol. The summed E-state index contributed by atoms with van der Waals surface area (Å²) in [5.41, 5.74) is 9.65. The number of hydrogen-bond acceptors (Lipinski definition) is 3. The van der Waals surface area contributed by atoms with Gasteiger partial charge >= 0.3 is 0 Å². The zero-order valence-corrected chi connectivity index (χ0v) is 13.6. The Hall–Kier alpha value is -2.00. The molecular formula is C19H25NO2. The lowest BCUT2D eigenvalue weighted by molar-refractivity contribution is 0.298. The smallest absolute Gasteiger partial charge is 0.119 e. The Morgan fingerprint density at radius 1 is 1.00 bits per heavy atom. The molecule has 0 fully saturated rings. The van der Waals surface area contributed by atoms with Crippen LogP contribution in [-0.4, -0.2) is 20.3 Å². The van der Waals surface area contributed by atoms with E-state index < -0.39 is 0 Å². The molecule has 2 aromatic rings. The lowest BCUT2D eigenvalue weighted by Crippen LogP contribution is -2.15. The second-order valence-corrected chi connectivity index (χ2v) is 5.59. The molecule has 0 spiro atoms. The monoisotopic (exact) mass is 299 g/mol. The number of nitrogens with two attached hydrogens (primary N) is 1. The Kier molecular flexibility index (Phi) is 5.84. The number of rotatable bonds is 7. The van der Waals surface area contributed by atoms with Crippen LogP contribution in [0, 0.1) is 13.8 Å². The van der Waals surface area contributed by atoms with Gasteiger partial charge in [-0.05, 0) is 73.7 Å². The van der Waals surface area contributed by atoms with Gasteiger partial charge in [-0.2, -0.15) is 0 Å². The van der Waals surface area contributed by atoms with Crippen LogP contribution in [0.4, 0.5) is 0 Å². The van der Waals surface area contributed by atoms with Gasteiger partial charge < -0.3 is 15.2 Å². The van der Waals surface area contributed by atoms with Crippen molar-refractivity contribution in [1.82, 2.24) is 0 Å². The van der Waals surface area contributed by atoms with E-state index in [1.165, 1.54) is 16.7 Å². The summed E-state index contributed by atoms with van der Waals surface area (Å²) in [6.45, 7) is 5.46. The molecule has 0 aliphatic rings. The highest BCUT2D eigenvalue weighted by Gasteiger charge is 2.11. The van der Waals surface area contributed by atoms with Crippen molar-refractivity contribution in [3.8, 4) is 11.5 Å². The van der Waals surface area contributed by atoms with Gasteiger partial charge in [-0.25, -0.2) is 0 Å². The molecule has 0 aromatic heterocycles. The van der Waals surface area contributed by atoms with Crippen LogP contribution < -0.4 is 15.2 Å². The first-order chi connectivity index (χ1) is 10.6. The molecule has 0 aliphatic carbocycles. The van der Waals surface area contributed by atoms with Gasteiger partial charge in [0, 0.05) is 0 Å². The predicted octanol–water partition coefficient (Wildman–Crippen LogP) is 3.82. The van der Waals surface area contributed by atoms with Gasteiger partial charge in [0.15, 0.2) is 0 Å². The molecule has 3 nitrogen and oxygen atoms in total. The first-order valence-electron chi connectivity index (χ1n) is 7.68. The van der Waals surface area contributed by atoms with E-state index in [-0.39, 0.29) is 5.92 Å². The quantitative estimate of drug-likeness (QED) is 0.845. The molecule has 2 N–H and O–H groups in total. The molecule has 2 rings (SSSR count). The van der Waals surface area contributed by atoms with Crippen molar-refractivity contribution in [3.05, 3.63) is 59.2 Å². The summed E-state index contributed by atoms with van der Waals surface area (Å²) in [5, 5.41) is 0. The summed E-state index contributed by atoms with van der Waals surface area (Å²) in [6.07, 6.45) is 0.886. The standard InChI is InChI=1S/C19H25NO2/c1-14-7-8-19(11-15(14)2)22-10-9-17(13-20)16-5-4-6-18(12-16)21-3/h4-8,11-12,17H,9-10,13,20H2,1-3H3. The first-order valence-corrected chi connectivity index (χ1v) is 7.68. The van der Waals surface area contributed by atoms with Gasteiger partial charge in [-0.15, -0.1) is 0 Å². The minimum absolute atomic E-state index is 0.279. The van der Waals surface area contributed by atoms with Crippen molar-refractivity contribution >= 4 is 0 Å². The number of methoxy groups -OCH3 is 1. The molecule has 22 heavy (non-hydrogen) atoms. The highest BCUT2D eigenvalue weighted by atomic mass is 16.5. The largest absolute Gasteiger partial charge is 0.497 e. The second kappa shape index (κ2) is 7.85. The van der Waals surface area contributed by atoms with Gasteiger partial charge in [0.05, 0.1) is 13.7 Å². The highest BCUT2D eigenvalue weighted by Crippen LogP contribution is 2.24. The predicted molar refractivity (Wildman–Crippen MR) is 90.8 cm³/mol. The van der Waals surface area contributed by atoms with Gasteiger partial charge in [0.25, 0.3) is 0 Å². The fraction of sp³-hybridized carbons (Fsp3) is 0.368. The maximum atomic E-state index is 5.92. The molecule has 0 radical (unpaired) electrons. The van der Waals surface area contributed by atoms with Crippen LogP contribution in [0.15, 0.2) is 42.5 Å². The Balaban J connectivity index is 1.94. The first kappa shape index (κ1) is 16.4. The van der Waals surface area contributed by atoms with E-state index in [1.54, 1.807) is 7.11 Å². The molecule has 0 bridgehead atoms. The van der Waals surface area contributed by atoms with Crippen molar-refractivity contribution in [2.24, 2.45) is 5.73 Å². The summed E-state index contributed by atoms with van der Waals surface area (Å²) < 4.78 is 11.1. The molecule has 0 saturated heterocycles. The van der Waals surface area contributed by atoms with Crippen molar-refractivity contribution in [3.63, 3.8) is 0 Å². The molecule has 1 atom stereocenters. The van der Waals surface area contributed by atoms with Crippen LogP contribution in [-0.2, 0) is 0 Å². The minimum atomic E-state index is 0.279. The SMILES string of the molecule is COc1cccc(C(CN)CCOc2ccc(C)c(C)c2)c1. The van der Waals surface area contributed by atoms with Crippen molar-refractivity contribution in [1.29, 1.82) is 0 Å². The van der Waals surface area contributed by atoms with E-state index in [4.69, 9.17) is 15.2 Å². The lowest BCUT2D eigenvalue weighted by atomic mass is 9.96. The highest BCUT2D eigenvalue weighted by molar-refractivity contribution is 5.34. The maximum Gasteiger partial charge on any atom is 0.119 e. The summed E-state index contributed by atoms with van der Waals surface area (Å²) in [6, 6.07) is 14.3. The summed E-state index contributed by atoms with van der Waals surface area (Å²) in [5.74, 6) is 2.07. The Labute approximate surface area is 133 Å². The van der Waals surface area contributed by atoms with E-state index in [9.17, 15) is 0 Å². The molecule has 1 unspecified atom stereocenters. The second-order valence-electron chi connectivity index (χ2n) is 5.59. The average molecular weight is 299 g/mol. The zero-order chi connectivity index (χ0) is 15.9. The van der Waals surface area contributed by atoms with Crippen LogP contribution in [0.1, 0.15) is 29.0 Å². The van der Waals surface area contributed by atoms with Crippen LogP contribution in [0.5, 0.6) is 11.5 Å². The average Bonchev–Trinajstić information content (AvgIpc) is 2.55. The van der Waals surface area contributed by atoms with Crippen LogP contribution in [0.2, 0.25) is 0 Å². The van der Waals surface area contributed by atoms with Gasteiger partial charge in [-0.3, -0.25) is 0 Å². The number of ether oxygens (including phenoxy) is 2. The molecule has 3 heteroatoms. The summed E-state index contributed by atoms with van der Waals surface area (Å²) in [4.78, 5) is 0. The normalized spacial score (nSPS) is 12.0. The van der Waals surface area contributed by atoms with Crippen LogP contribution >= 0.6 is 0 Å². The van der Waals surface area contributed by atoms with Gasteiger partial charge in [0.2, 0.25) is 0 Å². The third kappa shape index (κ3) is 4.25. The van der Waals surface area contributed by atoms with Crippen LogP contribution in [0.3, 0.4) is 0 Å². The van der Waals surface area contributed by atoms with Crippen molar-refractivity contribution < 1.29 is 9.47 Å². The fourth-order valence-corrected chi connectivity index (χ4v) is 2.44. The molecule has 2 aromatic carbocycles. The fourth-order valence-electron chi connectivity index (χ4n) is 2.44. The summed E-state index contributed by atoms with van der Waals surface area (Å²) in [7, 11) is 1.68. The molecule has 0 heterocycles. The zero-order valence-electron chi connectivity index (χ0n) is 13.6. The maximum absolute atomic E-state index is 5.92. The third-order valence-electron chi connectivity index (χ3n) is 4.06. The van der Waals surface area contributed by atoms with E-state index in [1.807, 2.05) is 24.3 Å². The number of benzene rings is 2. The molecule has 0 saturated carbocycles. The van der Waals surface area contributed by atoms with Crippen molar-refractivity contribution in [2.75, 3.05) is 20.3 Å².